The fraction of sp³-hybridized carbons (Fsp3) is 0.333. The summed E-state index contributed by atoms with van der Waals surface area (Å²) in [5.74, 6) is 0. The summed E-state index contributed by atoms with van der Waals surface area (Å²) in [6, 6.07) is 12.7. The molecule has 0 aliphatic rings. The molecule has 0 bridgehead atoms. The number of benzene rings is 2. The number of hydrogen-bond donors (Lipinski definition) is 0. The minimum atomic E-state index is 0. The van der Waals surface area contributed by atoms with Gasteiger partial charge in [-0.2, -0.15) is 0 Å². The molecule has 0 fully saturated rings. The van der Waals surface area contributed by atoms with E-state index in [1.165, 1.54) is 11.4 Å². The lowest BCUT2D eigenvalue weighted by molar-refractivity contribution is -0.654. The molecule has 0 unspecified atom stereocenters. The third-order valence-corrected chi connectivity index (χ3v) is 7.91. The molecule has 208 valence electrons. The number of rotatable bonds is 10. The van der Waals surface area contributed by atoms with Gasteiger partial charge in [0.1, 0.15) is 23.8 Å². The second-order valence-corrected chi connectivity index (χ2v) is 10.9. The van der Waals surface area contributed by atoms with Crippen molar-refractivity contribution in [3.05, 3.63) is 70.7 Å². The summed E-state index contributed by atoms with van der Waals surface area (Å²) in [5, 5.41) is 23.4. The van der Waals surface area contributed by atoms with Crippen molar-refractivity contribution in [3.8, 4) is 0 Å². The minimum Gasteiger partial charge on any atom is -1.00 e. The smallest absolute Gasteiger partial charge is 0.408 e. The highest BCUT2D eigenvalue weighted by atomic mass is 35.5. The zero-order valence-electron chi connectivity index (χ0n) is 23.0. The van der Waals surface area contributed by atoms with Gasteiger partial charge in [-0.3, -0.25) is 0 Å². The Kier molecular flexibility index (Phi) is 12.4. The van der Waals surface area contributed by atoms with Crippen molar-refractivity contribution in [2.45, 2.75) is 20.3 Å². The fourth-order valence-corrected chi connectivity index (χ4v) is 5.18. The van der Waals surface area contributed by atoms with E-state index in [-0.39, 0.29) is 24.8 Å². The van der Waals surface area contributed by atoms with Gasteiger partial charge in [-0.25, -0.2) is 9.13 Å². The summed E-state index contributed by atoms with van der Waals surface area (Å²) in [5.41, 5.74) is 6.40. The number of nitrogens with zero attached hydrogens (tertiary/aromatic N) is 8. The van der Waals surface area contributed by atoms with E-state index in [4.69, 9.17) is 0 Å². The van der Waals surface area contributed by atoms with Crippen molar-refractivity contribution in [1.29, 1.82) is 0 Å². The Bertz CT molecular complexity index is 1310. The molecule has 4 aromatic rings. The zero-order chi connectivity index (χ0) is 26.4. The first-order valence-corrected chi connectivity index (χ1v) is 13.9. The molecule has 4 rings (SSSR count). The molecule has 0 amide bonds. The van der Waals surface area contributed by atoms with Crippen molar-refractivity contribution in [1.82, 2.24) is 0 Å². The maximum absolute atomic E-state index is 4.45. The van der Waals surface area contributed by atoms with E-state index in [2.05, 4.69) is 82.5 Å². The number of azo groups is 2. The molecule has 0 atom stereocenters. The van der Waals surface area contributed by atoms with Crippen LogP contribution < -0.4 is 43.7 Å². The number of thiazole rings is 2. The Hall–Kier alpha value is -2.92. The van der Waals surface area contributed by atoms with Gasteiger partial charge >= 0.3 is 10.3 Å². The van der Waals surface area contributed by atoms with Crippen LogP contribution in [0, 0.1) is 13.8 Å². The van der Waals surface area contributed by atoms with Crippen LogP contribution in [0.3, 0.4) is 0 Å². The summed E-state index contributed by atoms with van der Waals surface area (Å²) in [6.07, 6.45) is 5.01. The molecule has 0 aliphatic heterocycles. The molecular formula is C27H34Cl2N8S2. The maximum Gasteiger partial charge on any atom is 0.408 e. The maximum atomic E-state index is 4.45. The van der Waals surface area contributed by atoms with E-state index in [9.17, 15) is 0 Å². The van der Waals surface area contributed by atoms with Crippen LogP contribution in [0.4, 0.5) is 33.0 Å². The van der Waals surface area contributed by atoms with Gasteiger partial charge in [-0.05, 0) is 101 Å². The third kappa shape index (κ3) is 8.53. The summed E-state index contributed by atoms with van der Waals surface area (Å²) >= 11 is 3.15. The van der Waals surface area contributed by atoms with Gasteiger partial charge in [-0.15, -0.1) is 0 Å². The van der Waals surface area contributed by atoms with Crippen molar-refractivity contribution in [3.63, 3.8) is 0 Å². The van der Waals surface area contributed by atoms with Crippen molar-refractivity contribution in [2.75, 3.05) is 37.0 Å². The lowest BCUT2D eigenvalue weighted by atomic mass is 10.1. The predicted octanol–water partition coefficient (Wildman–Crippen LogP) is 0.877. The molecule has 0 spiro atoms. The van der Waals surface area contributed by atoms with Crippen LogP contribution in [0.1, 0.15) is 17.5 Å². The average molecular weight is 606 g/mol. The molecule has 2 aromatic heterocycles. The van der Waals surface area contributed by atoms with E-state index in [0.29, 0.717) is 0 Å². The summed E-state index contributed by atoms with van der Waals surface area (Å²) < 4.78 is 3.94. The summed E-state index contributed by atoms with van der Waals surface area (Å²) in [6.45, 7) is 6.08. The van der Waals surface area contributed by atoms with Crippen LogP contribution in [0.5, 0.6) is 0 Å². The third-order valence-electron chi connectivity index (χ3n) is 6.24. The Morgan fingerprint density at radius 3 is 1.41 bits per heavy atom. The molecule has 12 heteroatoms. The number of hydrogen-bond acceptors (Lipinski definition) is 8. The Morgan fingerprint density at radius 1 is 0.667 bits per heavy atom. The van der Waals surface area contributed by atoms with Crippen LogP contribution in [-0.2, 0) is 14.1 Å². The number of aryl methyl sites for hydroxylation is 4. The highest BCUT2D eigenvalue weighted by Gasteiger charge is 2.11. The number of halogens is 2. The largest absolute Gasteiger partial charge is 1.00 e. The lowest BCUT2D eigenvalue weighted by Gasteiger charge is -2.24. The van der Waals surface area contributed by atoms with E-state index >= 15 is 0 Å². The Balaban J connectivity index is 0.00000267. The van der Waals surface area contributed by atoms with Gasteiger partial charge in [0.2, 0.25) is 0 Å². The van der Waals surface area contributed by atoms with Crippen LogP contribution in [0.2, 0.25) is 0 Å². The molecular weight excluding hydrogens is 571 g/mol. The second-order valence-electron chi connectivity index (χ2n) is 9.13. The molecule has 0 N–H and O–H groups in total. The van der Waals surface area contributed by atoms with Crippen molar-refractivity contribution < 1.29 is 33.9 Å². The van der Waals surface area contributed by atoms with Gasteiger partial charge in [0.15, 0.2) is 0 Å². The molecule has 0 saturated heterocycles. The minimum absolute atomic E-state index is 0. The van der Waals surface area contributed by atoms with Gasteiger partial charge in [0, 0.05) is 49.3 Å². The average Bonchev–Trinajstić information content (AvgIpc) is 3.49. The van der Waals surface area contributed by atoms with E-state index < -0.39 is 0 Å². The first kappa shape index (κ1) is 32.3. The van der Waals surface area contributed by atoms with Gasteiger partial charge in [-0.1, -0.05) is 0 Å². The highest BCUT2D eigenvalue weighted by molar-refractivity contribution is 7.13. The number of anilines is 2. The predicted molar refractivity (Wildman–Crippen MR) is 153 cm³/mol. The van der Waals surface area contributed by atoms with Gasteiger partial charge in [0.25, 0.3) is 0 Å². The molecule has 0 aliphatic carbocycles. The topological polar surface area (TPSA) is 63.7 Å². The first-order valence-electron chi connectivity index (χ1n) is 12.1. The SMILES string of the molecule is Cc1cc(N(C)CCCN(C)c2ccc(N=Nc3scc[n+]3C)c(C)c2)ccc1N=Nc1scc[n+]1C.[Cl-].[Cl-]. The van der Waals surface area contributed by atoms with Crippen molar-refractivity contribution >= 4 is 55.7 Å². The van der Waals surface area contributed by atoms with E-state index in [1.807, 2.05) is 58.5 Å². The quantitative estimate of drug-likeness (QED) is 0.199. The standard InChI is InChI=1S/C27H34N8S2.2ClH/c1-20-18-22(8-10-24(20)28-30-26-34(5)14-16-36-26)32(3)12-7-13-33(4)23-9-11-25(21(2)19-23)29-31-27-35(6)15-17-37-27;;/h8-11,14-19H,7,12-13H2,1-6H3;2*1H/q+2;;/p-2. The summed E-state index contributed by atoms with van der Waals surface area (Å²) in [7, 11) is 8.23. The molecule has 0 radical (unpaired) electrons. The monoisotopic (exact) mass is 604 g/mol. The first-order chi connectivity index (χ1) is 17.8. The van der Waals surface area contributed by atoms with Crippen LogP contribution in [0.15, 0.2) is 80.0 Å². The van der Waals surface area contributed by atoms with Gasteiger partial charge in [0.05, 0.1) is 24.3 Å². The second kappa shape index (κ2) is 15.0. The zero-order valence-corrected chi connectivity index (χ0v) is 26.2. The Labute approximate surface area is 251 Å². The fourth-order valence-electron chi connectivity index (χ4n) is 3.82. The lowest BCUT2D eigenvalue weighted by Crippen LogP contribution is -3.00. The van der Waals surface area contributed by atoms with Crippen LogP contribution in [0.25, 0.3) is 0 Å². The Morgan fingerprint density at radius 2 is 1.08 bits per heavy atom. The molecule has 2 heterocycles. The molecule has 39 heavy (non-hydrogen) atoms. The van der Waals surface area contributed by atoms with Crippen LogP contribution in [-0.4, -0.2) is 27.2 Å². The highest BCUT2D eigenvalue weighted by Crippen LogP contribution is 2.28. The normalized spacial score (nSPS) is 11.0. The van der Waals surface area contributed by atoms with Crippen molar-refractivity contribution in [2.24, 2.45) is 34.6 Å². The molecule has 0 saturated carbocycles. The van der Waals surface area contributed by atoms with E-state index in [1.54, 1.807) is 22.7 Å². The van der Waals surface area contributed by atoms with E-state index in [0.717, 1.165) is 52.3 Å². The van der Waals surface area contributed by atoms with Gasteiger partial charge < -0.3 is 34.6 Å². The summed E-state index contributed by atoms with van der Waals surface area (Å²) in [4.78, 5) is 4.58. The number of aromatic nitrogens is 2. The molecule has 2 aromatic carbocycles. The van der Waals surface area contributed by atoms with Crippen LogP contribution >= 0.6 is 22.7 Å². The molecule has 8 nitrogen and oxygen atoms in total.